The molecule has 0 unspecified atom stereocenters. The zero-order valence-electron chi connectivity index (χ0n) is 15.0. The van der Waals surface area contributed by atoms with Crippen molar-refractivity contribution in [1.29, 1.82) is 0 Å². The van der Waals surface area contributed by atoms with Gasteiger partial charge in [0.15, 0.2) is 0 Å². The number of anilines is 1. The van der Waals surface area contributed by atoms with Crippen molar-refractivity contribution in [3.8, 4) is 5.75 Å². The number of nitrogens with zero attached hydrogens (tertiary/aromatic N) is 1. The molecule has 1 fully saturated rings. The second-order valence-corrected chi connectivity index (χ2v) is 7.12. The summed E-state index contributed by atoms with van der Waals surface area (Å²) in [5, 5.41) is 3.26. The smallest absolute Gasteiger partial charge is 0.244 e. The number of rotatable bonds is 7. The van der Waals surface area contributed by atoms with Gasteiger partial charge in [0.05, 0.1) is 19.3 Å². The molecule has 1 N–H and O–H groups in total. The average Bonchev–Trinajstić information content (AvgIpc) is 2.60. The van der Waals surface area contributed by atoms with Crippen molar-refractivity contribution in [3.05, 3.63) is 23.2 Å². The lowest BCUT2D eigenvalue weighted by atomic mass is 9.86. The number of nitrogens with one attached hydrogen (secondary N) is 1. The number of hydrogen-bond donors (Lipinski definition) is 1. The molecule has 0 spiro atoms. The summed E-state index contributed by atoms with van der Waals surface area (Å²) in [6, 6.07) is 5.01. The van der Waals surface area contributed by atoms with Crippen LogP contribution in [0.1, 0.15) is 44.9 Å². The Labute approximate surface area is 154 Å². The van der Waals surface area contributed by atoms with Crippen LogP contribution in [-0.2, 0) is 9.59 Å². The number of likely N-dealkylation sites (N-methyl/N-ethyl adjacent to an activating group) is 1. The van der Waals surface area contributed by atoms with Crippen LogP contribution in [0.5, 0.6) is 5.75 Å². The summed E-state index contributed by atoms with van der Waals surface area (Å²) in [7, 11) is 3.19. The maximum Gasteiger partial charge on any atom is 0.244 e. The van der Waals surface area contributed by atoms with Crippen LogP contribution in [0.15, 0.2) is 18.2 Å². The molecule has 1 saturated carbocycles. The van der Waals surface area contributed by atoms with Crippen molar-refractivity contribution in [3.63, 3.8) is 0 Å². The molecular formula is C19H27ClN2O3. The van der Waals surface area contributed by atoms with Gasteiger partial charge in [-0.25, -0.2) is 0 Å². The second kappa shape index (κ2) is 9.66. The van der Waals surface area contributed by atoms with E-state index in [0.29, 0.717) is 28.8 Å². The molecule has 0 atom stereocenters. The largest absolute Gasteiger partial charge is 0.495 e. The molecule has 0 saturated heterocycles. The van der Waals surface area contributed by atoms with Gasteiger partial charge in [0, 0.05) is 18.5 Å². The van der Waals surface area contributed by atoms with Crippen LogP contribution in [0.2, 0.25) is 5.02 Å². The Morgan fingerprint density at radius 3 is 2.68 bits per heavy atom. The Hall–Kier alpha value is -1.75. The predicted molar refractivity (Wildman–Crippen MR) is 100 cm³/mol. The number of carbonyl (C=O) groups excluding carboxylic acids is 2. The molecule has 2 amide bonds. The van der Waals surface area contributed by atoms with Crippen LogP contribution < -0.4 is 10.1 Å². The van der Waals surface area contributed by atoms with Crippen LogP contribution in [0, 0.1) is 5.92 Å². The van der Waals surface area contributed by atoms with E-state index in [1.54, 1.807) is 25.2 Å². The summed E-state index contributed by atoms with van der Waals surface area (Å²) in [6.45, 7) is 0.0131. The summed E-state index contributed by atoms with van der Waals surface area (Å²) in [5.74, 6) is 0.938. The molecule has 5 nitrogen and oxygen atoms in total. The normalized spacial score (nSPS) is 14.8. The lowest BCUT2D eigenvalue weighted by Gasteiger charge is -2.23. The van der Waals surface area contributed by atoms with Crippen molar-refractivity contribution in [2.75, 3.05) is 26.0 Å². The third-order valence-electron chi connectivity index (χ3n) is 4.73. The zero-order chi connectivity index (χ0) is 18.2. The number of halogens is 1. The van der Waals surface area contributed by atoms with E-state index in [4.69, 9.17) is 16.3 Å². The molecule has 6 heteroatoms. The first-order valence-electron chi connectivity index (χ1n) is 8.87. The molecule has 0 aliphatic heterocycles. The predicted octanol–water partition coefficient (Wildman–Crippen LogP) is 4.11. The zero-order valence-corrected chi connectivity index (χ0v) is 15.8. The van der Waals surface area contributed by atoms with Crippen molar-refractivity contribution in [1.82, 2.24) is 4.90 Å². The highest BCUT2D eigenvalue weighted by atomic mass is 35.5. The highest BCUT2D eigenvalue weighted by molar-refractivity contribution is 6.31. The van der Waals surface area contributed by atoms with E-state index in [-0.39, 0.29) is 18.4 Å². The Bertz CT molecular complexity index is 600. The first-order chi connectivity index (χ1) is 12.0. The van der Waals surface area contributed by atoms with E-state index < -0.39 is 0 Å². The van der Waals surface area contributed by atoms with Gasteiger partial charge in [0.25, 0.3) is 0 Å². The number of benzene rings is 1. The molecule has 138 valence electrons. The number of ether oxygens (including phenoxy) is 1. The summed E-state index contributed by atoms with van der Waals surface area (Å²) in [5.41, 5.74) is 0.503. The molecule has 1 aliphatic carbocycles. The minimum Gasteiger partial charge on any atom is -0.495 e. The van der Waals surface area contributed by atoms with Crippen molar-refractivity contribution < 1.29 is 14.3 Å². The monoisotopic (exact) mass is 366 g/mol. The van der Waals surface area contributed by atoms with Crippen molar-refractivity contribution in [2.24, 2.45) is 5.92 Å². The third-order valence-corrected chi connectivity index (χ3v) is 4.97. The minimum absolute atomic E-state index is 0.0128. The van der Waals surface area contributed by atoms with E-state index in [0.717, 1.165) is 6.42 Å². The first kappa shape index (κ1) is 19.6. The molecule has 1 aromatic rings. The van der Waals surface area contributed by atoms with E-state index in [1.807, 2.05) is 0 Å². The van der Waals surface area contributed by atoms with E-state index >= 15 is 0 Å². The number of amides is 2. The Morgan fingerprint density at radius 1 is 1.28 bits per heavy atom. The molecule has 0 radical (unpaired) electrons. The summed E-state index contributed by atoms with van der Waals surface area (Å²) in [6.07, 6.45) is 7.76. The molecule has 0 bridgehead atoms. The van der Waals surface area contributed by atoms with Crippen molar-refractivity contribution in [2.45, 2.75) is 44.9 Å². The quantitative estimate of drug-likeness (QED) is 0.790. The van der Waals surface area contributed by atoms with E-state index in [1.165, 1.54) is 44.1 Å². The van der Waals surface area contributed by atoms with Gasteiger partial charge < -0.3 is 15.0 Å². The van der Waals surface area contributed by atoms with Crippen LogP contribution in [0.4, 0.5) is 5.69 Å². The van der Waals surface area contributed by atoms with Gasteiger partial charge in [0.1, 0.15) is 5.75 Å². The second-order valence-electron chi connectivity index (χ2n) is 6.69. The summed E-state index contributed by atoms with van der Waals surface area (Å²) < 4.78 is 5.21. The van der Waals surface area contributed by atoms with Gasteiger partial charge in [-0.05, 0) is 30.5 Å². The third kappa shape index (κ3) is 6.24. The van der Waals surface area contributed by atoms with Crippen LogP contribution in [0.3, 0.4) is 0 Å². The summed E-state index contributed by atoms with van der Waals surface area (Å²) in [4.78, 5) is 25.9. The van der Waals surface area contributed by atoms with E-state index in [2.05, 4.69) is 5.32 Å². The fraction of sp³-hybridized carbons (Fsp3) is 0.579. The summed E-state index contributed by atoms with van der Waals surface area (Å²) >= 11 is 5.96. The van der Waals surface area contributed by atoms with Crippen molar-refractivity contribution >= 4 is 29.1 Å². The molecule has 25 heavy (non-hydrogen) atoms. The lowest BCUT2D eigenvalue weighted by Crippen LogP contribution is -2.35. The van der Waals surface area contributed by atoms with Gasteiger partial charge in [-0.1, -0.05) is 43.7 Å². The van der Waals surface area contributed by atoms with Gasteiger partial charge in [-0.2, -0.15) is 0 Å². The first-order valence-corrected chi connectivity index (χ1v) is 9.24. The van der Waals surface area contributed by atoms with Gasteiger partial charge in [0.2, 0.25) is 11.8 Å². The Morgan fingerprint density at radius 2 is 2.00 bits per heavy atom. The van der Waals surface area contributed by atoms with Crippen LogP contribution in [0.25, 0.3) is 0 Å². The molecule has 0 heterocycles. The standard InChI is InChI=1S/C19H27ClN2O3/c1-22(19(24)11-8-14-6-4-3-5-7-14)13-18(23)21-16-12-15(20)9-10-17(16)25-2/h9-10,12,14H,3-8,11,13H2,1-2H3,(H,21,23). The molecule has 2 rings (SSSR count). The molecule has 0 aromatic heterocycles. The highest BCUT2D eigenvalue weighted by Crippen LogP contribution is 2.28. The fourth-order valence-corrected chi connectivity index (χ4v) is 3.44. The fourth-order valence-electron chi connectivity index (χ4n) is 3.27. The van der Waals surface area contributed by atoms with E-state index in [9.17, 15) is 9.59 Å². The Kier molecular flexibility index (Phi) is 7.56. The number of carbonyl (C=O) groups is 2. The van der Waals surface area contributed by atoms with Crippen LogP contribution >= 0.6 is 11.6 Å². The average molecular weight is 367 g/mol. The maximum atomic E-state index is 12.3. The highest BCUT2D eigenvalue weighted by Gasteiger charge is 2.18. The molecular weight excluding hydrogens is 340 g/mol. The molecule has 1 aliphatic rings. The minimum atomic E-state index is -0.269. The lowest BCUT2D eigenvalue weighted by molar-refractivity contribution is -0.133. The van der Waals surface area contributed by atoms with Gasteiger partial charge in [-0.15, -0.1) is 0 Å². The maximum absolute atomic E-state index is 12.3. The number of hydrogen-bond acceptors (Lipinski definition) is 3. The van der Waals surface area contributed by atoms with Gasteiger partial charge >= 0.3 is 0 Å². The SMILES string of the molecule is COc1ccc(Cl)cc1NC(=O)CN(C)C(=O)CCC1CCCCC1. The number of methoxy groups -OCH3 is 1. The molecule has 1 aromatic carbocycles. The van der Waals surface area contributed by atoms with Gasteiger partial charge in [-0.3, -0.25) is 9.59 Å². The topological polar surface area (TPSA) is 58.6 Å². The van der Waals surface area contributed by atoms with Crippen LogP contribution in [-0.4, -0.2) is 37.4 Å². The Balaban J connectivity index is 1.80.